The Bertz CT molecular complexity index is 263. The fourth-order valence-electron chi connectivity index (χ4n) is 0.950. The summed E-state index contributed by atoms with van der Waals surface area (Å²) < 4.78 is 5.99. The Morgan fingerprint density at radius 1 is 1.50 bits per heavy atom. The quantitative estimate of drug-likeness (QED) is 0.766. The molecule has 0 atom stereocenters. The van der Waals surface area contributed by atoms with E-state index in [1.807, 2.05) is 13.1 Å². The molecule has 66 valence electrons. The van der Waals surface area contributed by atoms with Gasteiger partial charge in [-0.05, 0) is 22.0 Å². The Kier molecular flexibility index (Phi) is 2.81. The molecule has 0 aliphatic heterocycles. The maximum Gasteiger partial charge on any atom is 0.137 e. The van der Waals surface area contributed by atoms with E-state index in [-0.39, 0.29) is 0 Å². The molecule has 0 aliphatic carbocycles. The zero-order chi connectivity index (χ0) is 9.14. The van der Waals surface area contributed by atoms with Crippen molar-refractivity contribution in [3.63, 3.8) is 0 Å². The molecule has 0 radical (unpaired) electrons. The molecule has 0 bridgehead atoms. The summed E-state index contributed by atoms with van der Waals surface area (Å²) in [6.07, 6.45) is 0. The van der Waals surface area contributed by atoms with Gasteiger partial charge in [0.05, 0.1) is 17.3 Å². The Balaban J connectivity index is 3.22. The normalized spacial score (nSPS) is 9.58. The number of ether oxygens (including phenoxy) is 1. The van der Waals surface area contributed by atoms with E-state index in [1.165, 1.54) is 0 Å². The van der Waals surface area contributed by atoms with Gasteiger partial charge in [-0.2, -0.15) is 0 Å². The van der Waals surface area contributed by atoms with Crippen molar-refractivity contribution in [2.75, 3.05) is 25.2 Å². The summed E-state index contributed by atoms with van der Waals surface area (Å²) >= 11 is 3.39. The molecule has 3 N–H and O–H groups in total. The van der Waals surface area contributed by atoms with Crippen molar-refractivity contribution in [2.24, 2.45) is 0 Å². The van der Waals surface area contributed by atoms with Gasteiger partial charge >= 0.3 is 0 Å². The van der Waals surface area contributed by atoms with E-state index in [1.54, 1.807) is 13.2 Å². The largest absolute Gasteiger partial charge is 0.495 e. The van der Waals surface area contributed by atoms with Gasteiger partial charge in [-0.1, -0.05) is 0 Å². The molecule has 1 rings (SSSR count). The fourth-order valence-corrected chi connectivity index (χ4v) is 1.54. The number of nitrogens with two attached hydrogens (primary N) is 1. The number of hydrogen-bond acceptors (Lipinski definition) is 3. The van der Waals surface area contributed by atoms with Gasteiger partial charge in [-0.3, -0.25) is 0 Å². The molecule has 0 amide bonds. The summed E-state index contributed by atoms with van der Waals surface area (Å²) in [6, 6.07) is 3.61. The standard InChI is InChI=1S/C8H11BrN2O/c1-11-6-3-5(10)4-7(12-2)8(6)9/h3-4,11H,10H2,1-2H3. The van der Waals surface area contributed by atoms with Crippen LogP contribution in [0.25, 0.3) is 0 Å². The lowest BCUT2D eigenvalue weighted by Gasteiger charge is -2.09. The molecule has 0 saturated heterocycles. The Morgan fingerprint density at radius 3 is 2.67 bits per heavy atom. The number of hydrogen-bond donors (Lipinski definition) is 2. The van der Waals surface area contributed by atoms with Crippen molar-refractivity contribution >= 4 is 27.3 Å². The monoisotopic (exact) mass is 230 g/mol. The SMILES string of the molecule is CNc1cc(N)cc(OC)c1Br. The maximum atomic E-state index is 5.64. The predicted molar refractivity (Wildman–Crippen MR) is 54.7 cm³/mol. The van der Waals surface area contributed by atoms with E-state index in [9.17, 15) is 0 Å². The van der Waals surface area contributed by atoms with Gasteiger partial charge in [0.2, 0.25) is 0 Å². The molecule has 4 heteroatoms. The number of halogens is 1. The number of methoxy groups -OCH3 is 1. The van der Waals surface area contributed by atoms with E-state index >= 15 is 0 Å². The summed E-state index contributed by atoms with van der Waals surface area (Å²) in [7, 11) is 3.44. The van der Waals surface area contributed by atoms with Crippen LogP contribution in [0.2, 0.25) is 0 Å². The highest BCUT2D eigenvalue weighted by Crippen LogP contribution is 2.34. The Morgan fingerprint density at radius 2 is 2.17 bits per heavy atom. The van der Waals surface area contributed by atoms with Gasteiger partial charge in [0, 0.05) is 18.8 Å². The molecule has 0 unspecified atom stereocenters. The average Bonchev–Trinajstić information content (AvgIpc) is 2.08. The number of nitrogen functional groups attached to an aromatic ring is 1. The topological polar surface area (TPSA) is 47.3 Å². The van der Waals surface area contributed by atoms with Gasteiger partial charge in [0.1, 0.15) is 5.75 Å². The molecule has 1 aromatic carbocycles. The van der Waals surface area contributed by atoms with Crippen LogP contribution in [0.5, 0.6) is 5.75 Å². The zero-order valence-electron chi connectivity index (χ0n) is 7.02. The van der Waals surface area contributed by atoms with Crippen LogP contribution < -0.4 is 15.8 Å². The summed E-state index contributed by atoms with van der Waals surface area (Å²) in [4.78, 5) is 0. The van der Waals surface area contributed by atoms with E-state index in [2.05, 4.69) is 21.2 Å². The third kappa shape index (κ3) is 1.64. The molecule has 0 aliphatic rings. The van der Waals surface area contributed by atoms with Crippen LogP contribution in [-0.2, 0) is 0 Å². The molecule has 12 heavy (non-hydrogen) atoms. The van der Waals surface area contributed by atoms with Crippen LogP contribution in [0.1, 0.15) is 0 Å². The number of benzene rings is 1. The number of anilines is 2. The minimum atomic E-state index is 0.680. The molecule has 0 heterocycles. The first-order valence-electron chi connectivity index (χ1n) is 3.49. The molecule has 0 spiro atoms. The average molecular weight is 231 g/mol. The second-order valence-corrected chi connectivity index (χ2v) is 3.13. The highest BCUT2D eigenvalue weighted by molar-refractivity contribution is 9.10. The molecule has 1 aromatic rings. The van der Waals surface area contributed by atoms with Gasteiger partial charge < -0.3 is 15.8 Å². The second-order valence-electron chi connectivity index (χ2n) is 2.33. The Hall–Kier alpha value is -0.900. The third-order valence-corrected chi connectivity index (χ3v) is 2.37. The summed E-state index contributed by atoms with van der Waals surface area (Å²) in [5.74, 6) is 0.736. The van der Waals surface area contributed by atoms with Crippen LogP contribution >= 0.6 is 15.9 Å². The van der Waals surface area contributed by atoms with Crippen molar-refractivity contribution in [3.05, 3.63) is 16.6 Å². The first-order valence-corrected chi connectivity index (χ1v) is 4.29. The van der Waals surface area contributed by atoms with Crippen LogP contribution in [0.15, 0.2) is 16.6 Å². The molecule has 0 aromatic heterocycles. The van der Waals surface area contributed by atoms with Crippen molar-refractivity contribution in [3.8, 4) is 5.75 Å². The first kappa shape index (κ1) is 9.19. The van der Waals surface area contributed by atoms with Crippen molar-refractivity contribution in [1.82, 2.24) is 0 Å². The predicted octanol–water partition coefficient (Wildman–Crippen LogP) is 2.08. The second kappa shape index (κ2) is 3.67. The molecule has 0 saturated carbocycles. The van der Waals surface area contributed by atoms with Crippen LogP contribution in [0, 0.1) is 0 Å². The molecule has 0 fully saturated rings. The van der Waals surface area contributed by atoms with Crippen molar-refractivity contribution < 1.29 is 4.74 Å². The van der Waals surface area contributed by atoms with E-state index < -0.39 is 0 Å². The highest BCUT2D eigenvalue weighted by atomic mass is 79.9. The van der Waals surface area contributed by atoms with Gasteiger partial charge in [-0.25, -0.2) is 0 Å². The van der Waals surface area contributed by atoms with Crippen molar-refractivity contribution in [2.45, 2.75) is 0 Å². The van der Waals surface area contributed by atoms with E-state index in [0.29, 0.717) is 5.69 Å². The van der Waals surface area contributed by atoms with Gasteiger partial charge in [-0.15, -0.1) is 0 Å². The van der Waals surface area contributed by atoms with Gasteiger partial charge in [0.25, 0.3) is 0 Å². The molecule has 3 nitrogen and oxygen atoms in total. The van der Waals surface area contributed by atoms with E-state index in [0.717, 1.165) is 15.9 Å². The molecular weight excluding hydrogens is 220 g/mol. The summed E-state index contributed by atoms with van der Waals surface area (Å²) in [6.45, 7) is 0. The number of rotatable bonds is 2. The highest BCUT2D eigenvalue weighted by Gasteiger charge is 2.05. The minimum absolute atomic E-state index is 0.680. The lowest BCUT2D eigenvalue weighted by molar-refractivity contribution is 0.412. The first-order chi connectivity index (χ1) is 5.69. The van der Waals surface area contributed by atoms with Gasteiger partial charge in [0.15, 0.2) is 0 Å². The zero-order valence-corrected chi connectivity index (χ0v) is 8.60. The lowest BCUT2D eigenvalue weighted by atomic mass is 10.2. The number of nitrogens with one attached hydrogen (secondary N) is 1. The Labute approximate surface area is 80.0 Å². The lowest BCUT2D eigenvalue weighted by Crippen LogP contribution is -1.95. The van der Waals surface area contributed by atoms with Crippen LogP contribution in [0.4, 0.5) is 11.4 Å². The summed E-state index contributed by atoms with van der Waals surface area (Å²) in [5.41, 5.74) is 7.24. The van der Waals surface area contributed by atoms with Crippen LogP contribution in [-0.4, -0.2) is 14.2 Å². The third-order valence-electron chi connectivity index (χ3n) is 1.55. The van der Waals surface area contributed by atoms with Crippen LogP contribution in [0.3, 0.4) is 0 Å². The van der Waals surface area contributed by atoms with E-state index in [4.69, 9.17) is 10.5 Å². The van der Waals surface area contributed by atoms with Crippen molar-refractivity contribution in [1.29, 1.82) is 0 Å². The maximum absolute atomic E-state index is 5.64. The molecular formula is C8H11BrN2O. The fraction of sp³-hybridized carbons (Fsp3) is 0.250. The smallest absolute Gasteiger partial charge is 0.137 e. The summed E-state index contributed by atoms with van der Waals surface area (Å²) in [5, 5.41) is 3.00. The minimum Gasteiger partial charge on any atom is -0.495 e.